The Kier molecular flexibility index (Phi) is 7.78. The Balaban J connectivity index is 0.000000442. The molecule has 0 saturated carbocycles. The van der Waals surface area contributed by atoms with Crippen LogP contribution in [0.5, 0.6) is 0 Å². The lowest BCUT2D eigenvalue weighted by Gasteiger charge is -2.32. The van der Waals surface area contributed by atoms with Gasteiger partial charge in [-0.2, -0.15) is 0 Å². The fourth-order valence-corrected chi connectivity index (χ4v) is 1.33. The third kappa shape index (κ3) is 4.36. The highest BCUT2D eigenvalue weighted by Crippen LogP contribution is 2.16. The van der Waals surface area contributed by atoms with Crippen LogP contribution in [0.4, 0.5) is 0 Å². The molecule has 0 aromatic carbocycles. The van der Waals surface area contributed by atoms with Gasteiger partial charge in [-0.3, -0.25) is 4.99 Å². The van der Waals surface area contributed by atoms with E-state index in [9.17, 15) is 0 Å². The molecule has 88 valence electrons. The van der Waals surface area contributed by atoms with Gasteiger partial charge in [-0.15, -0.1) is 0 Å². The van der Waals surface area contributed by atoms with E-state index in [0.29, 0.717) is 0 Å². The number of hydrogen-bond acceptors (Lipinski definition) is 3. The van der Waals surface area contributed by atoms with Crippen molar-refractivity contribution in [1.29, 1.82) is 0 Å². The Morgan fingerprint density at radius 1 is 1.27 bits per heavy atom. The average molecular weight is 212 g/mol. The zero-order valence-electron chi connectivity index (χ0n) is 10.7. The Labute approximate surface area is 93.8 Å². The lowest BCUT2D eigenvalue weighted by molar-refractivity contribution is 0.0650. The number of allylic oxidation sites excluding steroid dienone is 1. The van der Waals surface area contributed by atoms with E-state index in [2.05, 4.69) is 9.89 Å². The van der Waals surface area contributed by atoms with Gasteiger partial charge >= 0.3 is 0 Å². The second-order valence-corrected chi connectivity index (χ2v) is 2.89. The van der Waals surface area contributed by atoms with Gasteiger partial charge in [0.2, 0.25) is 0 Å². The first-order valence-corrected chi connectivity index (χ1v) is 5.97. The molecule has 0 atom stereocenters. The van der Waals surface area contributed by atoms with E-state index in [1.807, 2.05) is 40.7 Å². The van der Waals surface area contributed by atoms with Gasteiger partial charge in [-0.1, -0.05) is 27.7 Å². The number of aliphatic imine (C=N–C) groups is 1. The Bertz CT molecular complexity index is 222. The minimum absolute atomic E-state index is 0.775. The summed E-state index contributed by atoms with van der Waals surface area (Å²) in [5.41, 5.74) is 1.07. The number of ether oxygens (including phenoxy) is 1. The summed E-state index contributed by atoms with van der Waals surface area (Å²) in [5, 5.41) is 0. The van der Waals surface area contributed by atoms with Gasteiger partial charge in [-0.05, 0) is 13.3 Å². The number of nitrogens with zero attached hydrogens (tertiary/aromatic N) is 2. The van der Waals surface area contributed by atoms with Crippen LogP contribution in [0, 0.1) is 0 Å². The molecule has 0 aliphatic carbocycles. The predicted octanol–water partition coefficient (Wildman–Crippen LogP) is 3.03. The molecule has 2 heterocycles. The topological polar surface area (TPSA) is 24.8 Å². The van der Waals surface area contributed by atoms with Crippen molar-refractivity contribution in [2.45, 2.75) is 41.0 Å². The van der Waals surface area contributed by atoms with E-state index in [4.69, 9.17) is 4.74 Å². The lowest BCUT2D eigenvalue weighted by Crippen LogP contribution is -2.34. The maximum absolute atomic E-state index is 5.46. The summed E-state index contributed by atoms with van der Waals surface area (Å²) in [6.07, 6.45) is 3.12. The first-order valence-electron chi connectivity index (χ1n) is 5.97. The molecule has 1 fully saturated rings. The van der Waals surface area contributed by atoms with Crippen molar-refractivity contribution in [2.75, 3.05) is 19.8 Å². The molecule has 2 aliphatic rings. The molecule has 3 heteroatoms. The first-order chi connectivity index (χ1) is 7.36. The van der Waals surface area contributed by atoms with E-state index >= 15 is 0 Å². The Morgan fingerprint density at radius 3 is 2.60 bits per heavy atom. The molecule has 0 unspecified atom stereocenters. The van der Waals surface area contributed by atoms with Gasteiger partial charge in [0.25, 0.3) is 0 Å². The van der Waals surface area contributed by atoms with Crippen LogP contribution in [0.25, 0.3) is 0 Å². The van der Waals surface area contributed by atoms with Gasteiger partial charge in [0.05, 0.1) is 6.61 Å². The normalized spacial score (nSPS) is 17.8. The Morgan fingerprint density at radius 2 is 1.93 bits per heavy atom. The minimum Gasteiger partial charge on any atom is -0.479 e. The SMILES string of the molecule is CC.CC.CC1=NCN2CCCOC2=C1. The molecule has 0 aromatic rings. The van der Waals surface area contributed by atoms with Crippen molar-refractivity contribution < 1.29 is 4.74 Å². The maximum Gasteiger partial charge on any atom is 0.192 e. The maximum atomic E-state index is 5.46. The van der Waals surface area contributed by atoms with Crippen molar-refractivity contribution in [3.8, 4) is 0 Å². The summed E-state index contributed by atoms with van der Waals surface area (Å²) < 4.78 is 5.46. The molecule has 0 spiro atoms. The van der Waals surface area contributed by atoms with Crippen LogP contribution < -0.4 is 0 Å². The van der Waals surface area contributed by atoms with E-state index in [1.165, 1.54) is 0 Å². The standard InChI is InChI=1S/C8H12N2O.2C2H6/c1-7-5-8-10(6-9-7)3-2-4-11-8;2*1-2/h5H,2-4,6H2,1H3;2*1-2H3. The van der Waals surface area contributed by atoms with Crippen LogP contribution in [0.15, 0.2) is 17.0 Å². The second-order valence-electron chi connectivity index (χ2n) is 2.89. The van der Waals surface area contributed by atoms with Gasteiger partial charge in [-0.25, -0.2) is 0 Å². The molecule has 1 saturated heterocycles. The minimum atomic E-state index is 0.775. The highest BCUT2D eigenvalue weighted by atomic mass is 16.5. The van der Waals surface area contributed by atoms with E-state index in [1.54, 1.807) is 0 Å². The van der Waals surface area contributed by atoms with Crippen molar-refractivity contribution in [3.05, 3.63) is 12.0 Å². The zero-order chi connectivity index (χ0) is 11.7. The smallest absolute Gasteiger partial charge is 0.192 e. The van der Waals surface area contributed by atoms with Crippen LogP contribution >= 0.6 is 0 Å². The van der Waals surface area contributed by atoms with Gasteiger partial charge in [0, 0.05) is 18.3 Å². The van der Waals surface area contributed by atoms with Gasteiger partial charge in [0.15, 0.2) is 5.88 Å². The summed E-state index contributed by atoms with van der Waals surface area (Å²) in [7, 11) is 0. The van der Waals surface area contributed by atoms with E-state index in [0.717, 1.165) is 37.8 Å². The predicted molar refractivity (Wildman–Crippen MR) is 66.0 cm³/mol. The van der Waals surface area contributed by atoms with Crippen LogP contribution in [-0.2, 0) is 4.74 Å². The molecular weight excluding hydrogens is 188 g/mol. The van der Waals surface area contributed by atoms with Crippen LogP contribution in [-0.4, -0.2) is 30.4 Å². The highest BCUT2D eigenvalue weighted by molar-refractivity contribution is 5.93. The monoisotopic (exact) mass is 212 g/mol. The molecule has 3 nitrogen and oxygen atoms in total. The molecular formula is C12H24N2O. The van der Waals surface area contributed by atoms with Crippen molar-refractivity contribution >= 4 is 5.71 Å². The first kappa shape index (κ1) is 14.0. The van der Waals surface area contributed by atoms with Crippen LogP contribution in [0.1, 0.15) is 41.0 Å². The highest BCUT2D eigenvalue weighted by Gasteiger charge is 2.17. The number of fused-ring (bicyclic) bond motifs is 1. The molecule has 0 amide bonds. The second kappa shape index (κ2) is 8.33. The summed E-state index contributed by atoms with van der Waals surface area (Å²) in [6, 6.07) is 0. The molecule has 0 radical (unpaired) electrons. The largest absolute Gasteiger partial charge is 0.479 e. The molecule has 2 rings (SSSR count). The molecule has 15 heavy (non-hydrogen) atoms. The van der Waals surface area contributed by atoms with Crippen molar-refractivity contribution in [2.24, 2.45) is 4.99 Å². The molecule has 0 bridgehead atoms. The summed E-state index contributed by atoms with van der Waals surface area (Å²) in [4.78, 5) is 6.46. The van der Waals surface area contributed by atoms with Crippen LogP contribution in [0.2, 0.25) is 0 Å². The van der Waals surface area contributed by atoms with E-state index in [-0.39, 0.29) is 0 Å². The quantitative estimate of drug-likeness (QED) is 0.616. The van der Waals surface area contributed by atoms with Gasteiger partial charge < -0.3 is 9.64 Å². The number of rotatable bonds is 0. The molecule has 2 aliphatic heterocycles. The summed E-state index contributed by atoms with van der Waals surface area (Å²) in [5.74, 6) is 1.00. The summed E-state index contributed by atoms with van der Waals surface area (Å²) in [6.45, 7) is 12.7. The number of hydrogen-bond donors (Lipinski definition) is 0. The average Bonchev–Trinajstić information content (AvgIpc) is 2.34. The van der Waals surface area contributed by atoms with Gasteiger partial charge in [0.1, 0.15) is 6.67 Å². The zero-order valence-corrected chi connectivity index (χ0v) is 10.7. The van der Waals surface area contributed by atoms with E-state index < -0.39 is 0 Å². The van der Waals surface area contributed by atoms with Crippen LogP contribution in [0.3, 0.4) is 0 Å². The molecule has 0 aromatic heterocycles. The summed E-state index contributed by atoms with van der Waals surface area (Å²) >= 11 is 0. The Hall–Kier alpha value is -0.990. The lowest BCUT2D eigenvalue weighted by atomic mass is 10.3. The molecule has 0 N–H and O–H groups in total. The fourth-order valence-electron chi connectivity index (χ4n) is 1.33. The third-order valence-corrected chi connectivity index (χ3v) is 1.96. The van der Waals surface area contributed by atoms with Crippen molar-refractivity contribution in [3.63, 3.8) is 0 Å². The fraction of sp³-hybridized carbons (Fsp3) is 0.750. The van der Waals surface area contributed by atoms with Crippen molar-refractivity contribution in [1.82, 2.24) is 4.90 Å². The third-order valence-electron chi connectivity index (χ3n) is 1.96.